The summed E-state index contributed by atoms with van der Waals surface area (Å²) in [6.07, 6.45) is -1.49. The smallest absolute Gasteiger partial charge is 0.230 e. The highest BCUT2D eigenvalue weighted by molar-refractivity contribution is 5.63. The van der Waals surface area contributed by atoms with Crippen molar-refractivity contribution in [2.24, 2.45) is 5.73 Å². The fraction of sp³-hybridized carbons (Fsp3) is 0.286. The Balaban J connectivity index is 1.71. The van der Waals surface area contributed by atoms with Gasteiger partial charge in [-0.2, -0.15) is 0 Å². The summed E-state index contributed by atoms with van der Waals surface area (Å²) in [4.78, 5) is 0. The van der Waals surface area contributed by atoms with Crippen LogP contribution in [0.5, 0.6) is 23.0 Å². The van der Waals surface area contributed by atoms with Gasteiger partial charge in [-0.05, 0) is 23.3 Å². The van der Waals surface area contributed by atoms with Gasteiger partial charge >= 0.3 is 0 Å². The molecule has 6 rings (SSSR count). The van der Waals surface area contributed by atoms with Crippen molar-refractivity contribution < 1.29 is 33.9 Å². The Labute approximate surface area is 218 Å². The average Bonchev–Trinajstić information content (AvgIpc) is 3.58. The number of hydrogen-bond donors (Lipinski definition) is 4. The van der Waals surface area contributed by atoms with Crippen molar-refractivity contribution in [1.29, 1.82) is 0 Å². The topological polar surface area (TPSA) is 153 Å². The van der Waals surface area contributed by atoms with Crippen LogP contribution in [0.1, 0.15) is 40.3 Å². The summed E-state index contributed by atoms with van der Waals surface area (Å²) in [6.45, 7) is 0.0200. The van der Waals surface area contributed by atoms with Crippen LogP contribution in [0.4, 0.5) is 0 Å². The Hall–Kier alpha value is -4.12. The van der Waals surface area contributed by atoms with Gasteiger partial charge in [0.2, 0.25) is 11.8 Å². The molecule has 4 aromatic rings. The molecule has 0 bridgehead atoms. The molecule has 10 heteroatoms. The van der Waals surface area contributed by atoms with E-state index in [4.69, 9.17) is 24.4 Å². The van der Waals surface area contributed by atoms with Gasteiger partial charge in [-0.25, -0.2) is 0 Å². The molecule has 3 unspecified atom stereocenters. The van der Waals surface area contributed by atoms with E-state index < -0.39 is 29.1 Å². The maximum absolute atomic E-state index is 12.9. The number of phenolic OH excluding ortho intramolecular Hbond substituents is 1. The van der Waals surface area contributed by atoms with E-state index in [2.05, 4.69) is 10.2 Å². The van der Waals surface area contributed by atoms with Crippen LogP contribution in [0.3, 0.4) is 0 Å². The van der Waals surface area contributed by atoms with Crippen molar-refractivity contribution in [3.63, 3.8) is 0 Å². The standard InChI is InChI=1S/C28H27N3O7/c1-35-18-12-19(36-2)24-20(13-18)38-28(16-8-10-17(32)11-9-16)23(15-6-4-3-5-7-15)22(25(33)27(24,28)34)26-31-30-21(14-29)37-26/h3-13,22-23,25,32-34H,14,29H2,1-2H3/t22-,23?,25-,27?,28?/m1/s1. The first-order chi connectivity index (χ1) is 18.4. The molecule has 1 saturated carbocycles. The minimum atomic E-state index is -2.06. The number of nitrogens with zero attached hydrogens (tertiary/aromatic N) is 2. The molecule has 0 saturated heterocycles. The van der Waals surface area contributed by atoms with Crippen LogP contribution in [0.25, 0.3) is 0 Å². The normalized spacial score (nSPS) is 27.4. The molecule has 0 radical (unpaired) electrons. The third kappa shape index (κ3) is 3.11. The van der Waals surface area contributed by atoms with Gasteiger partial charge in [0, 0.05) is 18.1 Å². The van der Waals surface area contributed by atoms with Gasteiger partial charge in [0.1, 0.15) is 29.1 Å². The van der Waals surface area contributed by atoms with E-state index in [0.29, 0.717) is 17.1 Å². The van der Waals surface area contributed by atoms with Crippen LogP contribution in [-0.2, 0) is 17.7 Å². The van der Waals surface area contributed by atoms with Gasteiger partial charge in [0.05, 0.1) is 32.2 Å². The lowest BCUT2D eigenvalue weighted by molar-refractivity contribution is -0.151. The molecule has 1 fully saturated rings. The lowest BCUT2D eigenvalue weighted by Gasteiger charge is -2.40. The van der Waals surface area contributed by atoms with Crippen molar-refractivity contribution in [3.8, 4) is 23.0 Å². The van der Waals surface area contributed by atoms with E-state index in [-0.39, 0.29) is 35.4 Å². The number of ether oxygens (including phenoxy) is 3. The lowest BCUT2D eigenvalue weighted by atomic mass is 9.70. The molecule has 0 amide bonds. The molecule has 38 heavy (non-hydrogen) atoms. The predicted molar refractivity (Wildman–Crippen MR) is 134 cm³/mol. The number of aromatic nitrogens is 2. The van der Waals surface area contributed by atoms with Crippen LogP contribution in [0.15, 0.2) is 71.1 Å². The van der Waals surface area contributed by atoms with Gasteiger partial charge in [-0.3, -0.25) is 0 Å². The molecule has 3 aromatic carbocycles. The SMILES string of the molecule is COc1cc(OC)c2c(c1)OC1(c3ccc(O)cc3)C(c3ccccc3)[C@@H](c3nnc(CN)o3)[C@@H](O)C21O. The number of aromatic hydroxyl groups is 1. The molecule has 5 N–H and O–H groups in total. The zero-order chi connectivity index (χ0) is 26.7. The van der Waals surface area contributed by atoms with E-state index in [1.54, 1.807) is 24.3 Å². The summed E-state index contributed by atoms with van der Waals surface area (Å²) in [5.74, 6) is -0.246. The summed E-state index contributed by atoms with van der Waals surface area (Å²) < 4.78 is 23.8. The zero-order valence-electron chi connectivity index (χ0n) is 20.7. The van der Waals surface area contributed by atoms with Gasteiger partial charge in [-0.1, -0.05) is 42.5 Å². The number of aliphatic hydroxyl groups excluding tert-OH is 1. The highest BCUT2D eigenvalue weighted by atomic mass is 16.5. The van der Waals surface area contributed by atoms with E-state index in [0.717, 1.165) is 5.56 Å². The van der Waals surface area contributed by atoms with Crippen LogP contribution in [0, 0.1) is 0 Å². The number of fused-ring (bicyclic) bond motifs is 3. The first-order valence-electron chi connectivity index (χ1n) is 12.1. The molecule has 2 aliphatic rings. The fourth-order valence-corrected chi connectivity index (χ4v) is 6.13. The van der Waals surface area contributed by atoms with Gasteiger partial charge in [0.25, 0.3) is 0 Å². The number of nitrogens with two attached hydrogens (primary N) is 1. The Morgan fingerprint density at radius 3 is 2.37 bits per heavy atom. The summed E-state index contributed by atoms with van der Waals surface area (Å²) in [6, 6.07) is 19.0. The zero-order valence-corrected chi connectivity index (χ0v) is 20.7. The number of hydrogen-bond acceptors (Lipinski definition) is 10. The van der Waals surface area contributed by atoms with Crippen molar-refractivity contribution in [3.05, 3.63) is 95.2 Å². The second-order valence-electron chi connectivity index (χ2n) is 9.45. The minimum absolute atomic E-state index is 0.0200. The van der Waals surface area contributed by atoms with E-state index in [1.807, 2.05) is 30.3 Å². The number of aliphatic hydroxyl groups is 2. The number of benzene rings is 3. The molecular formula is C28H27N3O7. The molecule has 5 atom stereocenters. The molecule has 0 spiro atoms. The van der Waals surface area contributed by atoms with Gasteiger partial charge in [0.15, 0.2) is 11.2 Å². The highest BCUT2D eigenvalue weighted by Gasteiger charge is 2.78. The van der Waals surface area contributed by atoms with E-state index >= 15 is 0 Å². The Bertz CT molecular complexity index is 1480. The number of methoxy groups -OCH3 is 2. The van der Waals surface area contributed by atoms with Crippen molar-refractivity contribution in [2.45, 2.75) is 35.7 Å². The first-order valence-corrected chi connectivity index (χ1v) is 12.1. The monoisotopic (exact) mass is 517 g/mol. The molecule has 1 aromatic heterocycles. The average molecular weight is 518 g/mol. The van der Waals surface area contributed by atoms with Crippen LogP contribution < -0.4 is 19.9 Å². The predicted octanol–water partition coefficient (Wildman–Crippen LogP) is 2.67. The first kappa shape index (κ1) is 24.2. The maximum atomic E-state index is 12.9. The lowest BCUT2D eigenvalue weighted by Crippen LogP contribution is -2.52. The van der Waals surface area contributed by atoms with Gasteiger partial charge < -0.3 is 39.7 Å². The molecule has 1 aliphatic heterocycles. The highest BCUT2D eigenvalue weighted by Crippen LogP contribution is 2.71. The summed E-state index contributed by atoms with van der Waals surface area (Å²) >= 11 is 0. The third-order valence-electron chi connectivity index (χ3n) is 7.68. The second-order valence-corrected chi connectivity index (χ2v) is 9.45. The summed E-state index contributed by atoms with van der Waals surface area (Å²) in [5, 5.41) is 43.3. The van der Waals surface area contributed by atoms with Crippen molar-refractivity contribution in [2.75, 3.05) is 14.2 Å². The van der Waals surface area contributed by atoms with E-state index in [9.17, 15) is 15.3 Å². The van der Waals surface area contributed by atoms with E-state index in [1.165, 1.54) is 26.4 Å². The van der Waals surface area contributed by atoms with Crippen LogP contribution >= 0.6 is 0 Å². The van der Waals surface area contributed by atoms with Crippen LogP contribution in [-0.4, -0.2) is 45.8 Å². The molecule has 2 heterocycles. The second kappa shape index (κ2) is 8.73. The van der Waals surface area contributed by atoms with Crippen molar-refractivity contribution in [1.82, 2.24) is 10.2 Å². The maximum Gasteiger partial charge on any atom is 0.230 e. The molecular weight excluding hydrogens is 490 g/mol. The fourth-order valence-electron chi connectivity index (χ4n) is 6.13. The minimum Gasteiger partial charge on any atom is -0.508 e. The quantitative estimate of drug-likeness (QED) is 0.300. The molecule has 1 aliphatic carbocycles. The largest absolute Gasteiger partial charge is 0.508 e. The number of phenols is 1. The Morgan fingerprint density at radius 2 is 1.74 bits per heavy atom. The Morgan fingerprint density at radius 1 is 1.00 bits per heavy atom. The molecule has 10 nitrogen and oxygen atoms in total. The summed E-state index contributed by atoms with van der Waals surface area (Å²) in [5.41, 5.74) is 3.61. The number of rotatable bonds is 6. The molecule has 196 valence electrons. The Kier molecular flexibility index (Phi) is 5.56. The van der Waals surface area contributed by atoms with Crippen LogP contribution in [0.2, 0.25) is 0 Å². The van der Waals surface area contributed by atoms with Crippen molar-refractivity contribution >= 4 is 0 Å². The van der Waals surface area contributed by atoms with Gasteiger partial charge in [-0.15, -0.1) is 10.2 Å². The summed E-state index contributed by atoms with van der Waals surface area (Å²) in [7, 11) is 2.99. The third-order valence-corrected chi connectivity index (χ3v) is 7.68.